The summed E-state index contributed by atoms with van der Waals surface area (Å²) in [6.07, 6.45) is 1.76. The summed E-state index contributed by atoms with van der Waals surface area (Å²) >= 11 is 0. The second-order valence-corrected chi connectivity index (χ2v) is 4.29. The third-order valence-corrected chi connectivity index (χ3v) is 2.72. The summed E-state index contributed by atoms with van der Waals surface area (Å²) in [6.45, 7) is 4.20. The van der Waals surface area contributed by atoms with E-state index in [2.05, 4.69) is 41.5 Å². The lowest BCUT2D eigenvalue weighted by Crippen LogP contribution is -2.35. The third kappa shape index (κ3) is 1.08. The van der Waals surface area contributed by atoms with E-state index in [0.717, 1.165) is 17.2 Å². The highest BCUT2D eigenvalue weighted by Crippen LogP contribution is 2.34. The van der Waals surface area contributed by atoms with Crippen LogP contribution in [0.2, 0.25) is 0 Å². The monoisotopic (exact) mass is 200 g/mol. The standard InChI is InChI=1S/C11H12N4/c1-11(2)10-14-12-7-15(10)9-6-4-3-5-8(9)13-11/h3-7,13H,1-2H3. The minimum absolute atomic E-state index is 0.176. The molecular formula is C11H12N4. The minimum Gasteiger partial charge on any atom is -0.371 e. The van der Waals surface area contributed by atoms with Gasteiger partial charge in [0.15, 0.2) is 5.82 Å². The molecule has 1 aromatic heterocycles. The molecule has 0 spiro atoms. The van der Waals surface area contributed by atoms with Gasteiger partial charge in [-0.25, -0.2) is 0 Å². The van der Waals surface area contributed by atoms with Gasteiger partial charge in [0, 0.05) is 0 Å². The number of anilines is 1. The first-order valence-electron chi connectivity index (χ1n) is 4.96. The van der Waals surface area contributed by atoms with Crippen LogP contribution in [-0.2, 0) is 5.54 Å². The van der Waals surface area contributed by atoms with E-state index >= 15 is 0 Å². The molecule has 76 valence electrons. The Morgan fingerprint density at radius 1 is 1.27 bits per heavy atom. The zero-order valence-electron chi connectivity index (χ0n) is 8.73. The number of rotatable bonds is 0. The lowest BCUT2D eigenvalue weighted by molar-refractivity contribution is 0.537. The van der Waals surface area contributed by atoms with Crippen LogP contribution >= 0.6 is 0 Å². The van der Waals surface area contributed by atoms with Crippen molar-refractivity contribution in [1.82, 2.24) is 14.8 Å². The Morgan fingerprint density at radius 2 is 2.07 bits per heavy atom. The van der Waals surface area contributed by atoms with Crippen LogP contribution in [-0.4, -0.2) is 14.8 Å². The Morgan fingerprint density at radius 3 is 2.93 bits per heavy atom. The van der Waals surface area contributed by atoms with Crippen LogP contribution in [0.4, 0.5) is 5.69 Å². The van der Waals surface area contributed by atoms with Crippen molar-refractivity contribution in [3.8, 4) is 5.69 Å². The molecule has 0 fully saturated rings. The molecular weight excluding hydrogens is 188 g/mol. The summed E-state index contributed by atoms with van der Waals surface area (Å²) in [5, 5.41) is 11.6. The molecule has 0 bridgehead atoms. The van der Waals surface area contributed by atoms with E-state index < -0.39 is 0 Å². The highest BCUT2D eigenvalue weighted by molar-refractivity contribution is 5.65. The molecule has 2 heterocycles. The van der Waals surface area contributed by atoms with E-state index in [0.29, 0.717) is 0 Å². The van der Waals surface area contributed by atoms with Gasteiger partial charge in [-0.15, -0.1) is 10.2 Å². The van der Waals surface area contributed by atoms with Crippen LogP contribution in [0.15, 0.2) is 30.6 Å². The molecule has 15 heavy (non-hydrogen) atoms. The normalized spacial score (nSPS) is 16.4. The predicted molar refractivity (Wildman–Crippen MR) is 58.0 cm³/mol. The van der Waals surface area contributed by atoms with E-state index in [1.165, 1.54) is 0 Å². The predicted octanol–water partition coefficient (Wildman–Crippen LogP) is 1.93. The zero-order chi connectivity index (χ0) is 10.5. The fraction of sp³-hybridized carbons (Fsp3) is 0.273. The Bertz CT molecular complexity index is 513. The molecule has 4 heteroatoms. The molecule has 0 radical (unpaired) electrons. The summed E-state index contributed by atoms with van der Waals surface area (Å²) in [6, 6.07) is 8.17. The average molecular weight is 200 g/mol. The number of para-hydroxylation sites is 2. The molecule has 1 aliphatic heterocycles. The van der Waals surface area contributed by atoms with Crippen molar-refractivity contribution in [2.24, 2.45) is 0 Å². The van der Waals surface area contributed by atoms with Crippen molar-refractivity contribution in [2.45, 2.75) is 19.4 Å². The first-order chi connectivity index (χ1) is 7.18. The van der Waals surface area contributed by atoms with Crippen molar-refractivity contribution in [3.05, 3.63) is 36.4 Å². The van der Waals surface area contributed by atoms with Gasteiger partial charge in [0.05, 0.1) is 16.9 Å². The molecule has 1 aromatic carbocycles. The smallest absolute Gasteiger partial charge is 0.162 e. The fourth-order valence-corrected chi connectivity index (χ4v) is 2.02. The second kappa shape index (κ2) is 2.59. The molecule has 0 saturated carbocycles. The van der Waals surface area contributed by atoms with E-state index in [-0.39, 0.29) is 5.54 Å². The maximum Gasteiger partial charge on any atom is 0.162 e. The Kier molecular flexibility index (Phi) is 1.46. The molecule has 1 aliphatic rings. The molecule has 2 aromatic rings. The maximum atomic E-state index is 4.16. The molecule has 0 saturated heterocycles. The first kappa shape index (κ1) is 8.47. The third-order valence-electron chi connectivity index (χ3n) is 2.72. The highest BCUT2D eigenvalue weighted by atomic mass is 15.3. The van der Waals surface area contributed by atoms with Crippen LogP contribution in [0, 0.1) is 0 Å². The van der Waals surface area contributed by atoms with Gasteiger partial charge in [0.25, 0.3) is 0 Å². The van der Waals surface area contributed by atoms with Crippen LogP contribution in [0.1, 0.15) is 19.7 Å². The van der Waals surface area contributed by atoms with Gasteiger partial charge in [-0.3, -0.25) is 4.57 Å². The summed E-state index contributed by atoms with van der Waals surface area (Å²) in [5.41, 5.74) is 2.05. The van der Waals surface area contributed by atoms with Gasteiger partial charge in [0.2, 0.25) is 0 Å². The van der Waals surface area contributed by atoms with Gasteiger partial charge in [-0.1, -0.05) is 12.1 Å². The largest absolute Gasteiger partial charge is 0.371 e. The summed E-state index contributed by atoms with van der Waals surface area (Å²) in [5.74, 6) is 0.946. The van der Waals surface area contributed by atoms with Crippen molar-refractivity contribution in [3.63, 3.8) is 0 Å². The molecule has 1 N–H and O–H groups in total. The number of aromatic nitrogens is 3. The first-order valence-corrected chi connectivity index (χ1v) is 4.96. The molecule has 3 rings (SSSR count). The van der Waals surface area contributed by atoms with Gasteiger partial charge in [-0.05, 0) is 26.0 Å². The quantitative estimate of drug-likeness (QED) is 0.706. The molecule has 4 nitrogen and oxygen atoms in total. The number of hydrogen-bond donors (Lipinski definition) is 1. The summed E-state index contributed by atoms with van der Waals surface area (Å²) in [7, 11) is 0. The topological polar surface area (TPSA) is 42.7 Å². The van der Waals surface area contributed by atoms with Crippen LogP contribution in [0.3, 0.4) is 0 Å². The van der Waals surface area contributed by atoms with Gasteiger partial charge >= 0.3 is 0 Å². The van der Waals surface area contributed by atoms with Crippen LogP contribution < -0.4 is 5.32 Å². The minimum atomic E-state index is -0.176. The molecule has 0 unspecified atom stereocenters. The average Bonchev–Trinajstić information content (AvgIpc) is 2.66. The van der Waals surface area contributed by atoms with E-state index in [9.17, 15) is 0 Å². The number of nitrogens with one attached hydrogen (secondary N) is 1. The maximum absolute atomic E-state index is 4.16. The van der Waals surface area contributed by atoms with Crippen molar-refractivity contribution in [2.75, 3.05) is 5.32 Å². The Labute approximate surface area is 88.0 Å². The highest BCUT2D eigenvalue weighted by Gasteiger charge is 2.32. The van der Waals surface area contributed by atoms with Crippen LogP contribution in [0.25, 0.3) is 5.69 Å². The van der Waals surface area contributed by atoms with Crippen molar-refractivity contribution in [1.29, 1.82) is 0 Å². The summed E-state index contributed by atoms with van der Waals surface area (Å²) in [4.78, 5) is 0. The van der Waals surface area contributed by atoms with Gasteiger partial charge in [-0.2, -0.15) is 0 Å². The van der Waals surface area contributed by atoms with E-state index in [1.807, 2.05) is 16.7 Å². The SMILES string of the molecule is CC1(C)Nc2ccccc2-n2cnnc21. The second-order valence-electron chi connectivity index (χ2n) is 4.29. The van der Waals surface area contributed by atoms with E-state index in [4.69, 9.17) is 0 Å². The number of nitrogens with zero attached hydrogens (tertiary/aromatic N) is 3. The fourth-order valence-electron chi connectivity index (χ4n) is 2.02. The number of hydrogen-bond acceptors (Lipinski definition) is 3. The zero-order valence-corrected chi connectivity index (χ0v) is 8.73. The number of benzene rings is 1. The molecule has 0 aliphatic carbocycles. The van der Waals surface area contributed by atoms with Crippen molar-refractivity contribution >= 4 is 5.69 Å². The van der Waals surface area contributed by atoms with Gasteiger partial charge in [0.1, 0.15) is 6.33 Å². The van der Waals surface area contributed by atoms with Crippen molar-refractivity contribution < 1.29 is 0 Å². The lowest BCUT2D eigenvalue weighted by atomic mass is 10.0. The number of fused-ring (bicyclic) bond motifs is 3. The Balaban J connectivity index is 2.32. The molecule has 0 amide bonds. The van der Waals surface area contributed by atoms with E-state index in [1.54, 1.807) is 6.33 Å². The summed E-state index contributed by atoms with van der Waals surface area (Å²) < 4.78 is 2.03. The lowest BCUT2D eigenvalue weighted by Gasteiger charge is -2.33. The Hall–Kier alpha value is -1.84. The van der Waals surface area contributed by atoms with Gasteiger partial charge < -0.3 is 5.32 Å². The molecule has 0 atom stereocenters. The van der Waals surface area contributed by atoms with Crippen LogP contribution in [0.5, 0.6) is 0 Å².